The molecule has 0 aliphatic carbocycles. The maximum Gasteiger partial charge on any atom is 1.00 e. The molecule has 0 aromatic rings. The molecule has 6 heteroatoms. The molecular formula is C5H6Na2O4. The first kappa shape index (κ1) is 17.9. The molecular weight excluding hydrogens is 170 g/mol. The van der Waals surface area contributed by atoms with Gasteiger partial charge < -0.3 is 19.8 Å². The summed E-state index contributed by atoms with van der Waals surface area (Å²) in [5.41, 5.74) is 0. The second-order valence-electron chi connectivity index (χ2n) is 1.80. The molecule has 0 rings (SSSR count). The van der Waals surface area contributed by atoms with Crippen molar-refractivity contribution >= 4 is 11.9 Å². The fourth-order valence-corrected chi connectivity index (χ4v) is 0.333. The summed E-state index contributed by atoms with van der Waals surface area (Å²) in [6.07, 6.45) is -0.484. The first-order chi connectivity index (χ1) is 4.04. The van der Waals surface area contributed by atoms with Gasteiger partial charge in [0.2, 0.25) is 0 Å². The van der Waals surface area contributed by atoms with Crippen molar-refractivity contribution in [2.24, 2.45) is 5.92 Å². The third-order valence-electron chi connectivity index (χ3n) is 0.875. The number of carboxylic acid groups (broad SMARTS) is 2. The average molecular weight is 176 g/mol. The molecule has 1 atom stereocenters. The van der Waals surface area contributed by atoms with E-state index in [9.17, 15) is 19.8 Å². The van der Waals surface area contributed by atoms with Crippen LogP contribution in [0.4, 0.5) is 0 Å². The topological polar surface area (TPSA) is 80.3 Å². The molecule has 11 heavy (non-hydrogen) atoms. The number of rotatable bonds is 3. The zero-order valence-electron chi connectivity index (χ0n) is 6.92. The van der Waals surface area contributed by atoms with Gasteiger partial charge in [0.25, 0.3) is 0 Å². The Morgan fingerprint density at radius 3 is 1.73 bits per heavy atom. The van der Waals surface area contributed by atoms with Crippen LogP contribution in [-0.2, 0) is 9.59 Å². The van der Waals surface area contributed by atoms with Crippen LogP contribution in [0.1, 0.15) is 13.3 Å². The Hall–Kier alpha value is 0.940. The van der Waals surface area contributed by atoms with E-state index in [0.717, 1.165) is 0 Å². The Labute approximate surface area is 109 Å². The van der Waals surface area contributed by atoms with Crippen molar-refractivity contribution in [3.63, 3.8) is 0 Å². The number of carbonyl (C=O) groups excluding carboxylic acids is 2. The second kappa shape index (κ2) is 9.03. The monoisotopic (exact) mass is 176 g/mol. The first-order valence-corrected chi connectivity index (χ1v) is 2.44. The minimum atomic E-state index is -1.37. The average Bonchev–Trinajstić information content (AvgIpc) is 1.63. The quantitative estimate of drug-likeness (QED) is 0.400. The van der Waals surface area contributed by atoms with Crippen LogP contribution in [0.15, 0.2) is 0 Å². The van der Waals surface area contributed by atoms with E-state index in [1.807, 2.05) is 0 Å². The zero-order chi connectivity index (χ0) is 7.44. The van der Waals surface area contributed by atoms with Crippen LogP contribution < -0.4 is 69.3 Å². The second-order valence-corrected chi connectivity index (χ2v) is 1.80. The summed E-state index contributed by atoms with van der Waals surface area (Å²) in [4.78, 5) is 19.5. The molecule has 0 fully saturated rings. The van der Waals surface area contributed by atoms with E-state index in [4.69, 9.17) is 0 Å². The summed E-state index contributed by atoms with van der Waals surface area (Å²) < 4.78 is 0. The van der Waals surface area contributed by atoms with Crippen molar-refractivity contribution in [3.05, 3.63) is 0 Å². The molecule has 0 aliphatic rings. The van der Waals surface area contributed by atoms with Crippen molar-refractivity contribution in [2.45, 2.75) is 13.3 Å². The predicted octanol–water partition coefficient (Wildman–Crippen LogP) is -8.48. The van der Waals surface area contributed by atoms with Crippen LogP contribution in [0.5, 0.6) is 0 Å². The molecule has 0 aromatic carbocycles. The van der Waals surface area contributed by atoms with Gasteiger partial charge >= 0.3 is 59.1 Å². The smallest absolute Gasteiger partial charge is 0.550 e. The SMILES string of the molecule is C[C@H](CC(=O)[O-])C(=O)[O-].[Na+].[Na+]. The third kappa shape index (κ3) is 10.9. The molecule has 4 nitrogen and oxygen atoms in total. The van der Waals surface area contributed by atoms with E-state index in [-0.39, 0.29) is 59.1 Å². The van der Waals surface area contributed by atoms with Crippen molar-refractivity contribution in [1.82, 2.24) is 0 Å². The maximum absolute atomic E-state index is 9.83. The molecule has 0 amide bonds. The van der Waals surface area contributed by atoms with E-state index in [0.29, 0.717) is 0 Å². The molecule has 0 spiro atoms. The van der Waals surface area contributed by atoms with Crippen LogP contribution >= 0.6 is 0 Å². The largest absolute Gasteiger partial charge is 1.00 e. The van der Waals surface area contributed by atoms with E-state index < -0.39 is 24.3 Å². The molecule has 0 saturated heterocycles. The molecule has 0 aliphatic heterocycles. The number of aliphatic carboxylic acids is 2. The van der Waals surface area contributed by atoms with Crippen LogP contribution in [-0.4, -0.2) is 11.9 Å². The van der Waals surface area contributed by atoms with E-state index in [2.05, 4.69) is 0 Å². The normalized spacial score (nSPS) is 10.3. The molecule has 0 saturated carbocycles. The number of hydrogen-bond donors (Lipinski definition) is 0. The Balaban J connectivity index is -0.000000320. The predicted molar refractivity (Wildman–Crippen MR) is 23.8 cm³/mol. The molecule has 0 radical (unpaired) electrons. The van der Waals surface area contributed by atoms with Gasteiger partial charge in [-0.3, -0.25) is 0 Å². The molecule has 0 bridgehead atoms. The van der Waals surface area contributed by atoms with Crippen molar-refractivity contribution < 1.29 is 78.9 Å². The third-order valence-corrected chi connectivity index (χ3v) is 0.875. The van der Waals surface area contributed by atoms with Gasteiger partial charge in [-0.05, 0) is 6.42 Å². The van der Waals surface area contributed by atoms with Gasteiger partial charge in [0, 0.05) is 17.9 Å². The Kier molecular flexibility index (Phi) is 14.7. The zero-order valence-corrected chi connectivity index (χ0v) is 10.9. The minimum Gasteiger partial charge on any atom is -0.550 e. The van der Waals surface area contributed by atoms with Crippen molar-refractivity contribution in [1.29, 1.82) is 0 Å². The fourth-order valence-electron chi connectivity index (χ4n) is 0.333. The summed E-state index contributed by atoms with van der Waals surface area (Å²) in [5, 5.41) is 19.5. The number of carboxylic acids is 2. The van der Waals surface area contributed by atoms with Gasteiger partial charge in [0.1, 0.15) is 0 Å². The summed E-state index contributed by atoms with van der Waals surface area (Å²) in [6.45, 7) is 1.26. The van der Waals surface area contributed by atoms with Gasteiger partial charge in [-0.15, -0.1) is 0 Å². The fraction of sp³-hybridized carbons (Fsp3) is 0.600. The van der Waals surface area contributed by atoms with E-state index in [1.54, 1.807) is 0 Å². The molecule has 0 aromatic heterocycles. The molecule has 52 valence electrons. The number of hydrogen-bond acceptors (Lipinski definition) is 4. The van der Waals surface area contributed by atoms with Crippen LogP contribution in [0, 0.1) is 5.92 Å². The Morgan fingerprint density at radius 2 is 1.64 bits per heavy atom. The van der Waals surface area contributed by atoms with E-state index >= 15 is 0 Å². The van der Waals surface area contributed by atoms with Gasteiger partial charge in [-0.25, -0.2) is 0 Å². The van der Waals surface area contributed by atoms with Crippen molar-refractivity contribution in [3.8, 4) is 0 Å². The molecule has 0 N–H and O–H groups in total. The van der Waals surface area contributed by atoms with Crippen LogP contribution in [0.3, 0.4) is 0 Å². The van der Waals surface area contributed by atoms with Gasteiger partial charge in [0.05, 0.1) is 0 Å². The van der Waals surface area contributed by atoms with Gasteiger partial charge in [-0.1, -0.05) is 6.92 Å². The standard InChI is InChI=1S/C5H8O4.2Na/c1-3(5(8)9)2-4(6)7;;/h3H,2H2,1H3,(H,6,7)(H,8,9);;/q;2*+1/p-2/t3-;;/m1../s1. The van der Waals surface area contributed by atoms with Crippen LogP contribution in [0.25, 0.3) is 0 Å². The summed E-state index contributed by atoms with van der Waals surface area (Å²) in [7, 11) is 0. The molecule has 0 heterocycles. The summed E-state index contributed by atoms with van der Waals surface area (Å²) in [5.74, 6) is -3.69. The molecule has 0 unspecified atom stereocenters. The van der Waals surface area contributed by atoms with E-state index in [1.165, 1.54) is 6.92 Å². The Bertz CT molecular complexity index is 136. The van der Waals surface area contributed by atoms with Gasteiger partial charge in [0.15, 0.2) is 0 Å². The van der Waals surface area contributed by atoms with Crippen LogP contribution in [0.2, 0.25) is 0 Å². The first-order valence-electron chi connectivity index (χ1n) is 2.44. The van der Waals surface area contributed by atoms with Gasteiger partial charge in [-0.2, -0.15) is 0 Å². The number of carbonyl (C=O) groups is 2. The van der Waals surface area contributed by atoms with Crippen molar-refractivity contribution in [2.75, 3.05) is 0 Å². The summed E-state index contributed by atoms with van der Waals surface area (Å²) >= 11 is 0. The Morgan fingerprint density at radius 1 is 1.27 bits per heavy atom. The summed E-state index contributed by atoms with van der Waals surface area (Å²) in [6, 6.07) is 0. The maximum atomic E-state index is 9.83. The minimum absolute atomic E-state index is 0.